The first-order chi connectivity index (χ1) is 11.5. The van der Waals surface area contributed by atoms with Gasteiger partial charge >= 0.3 is 0 Å². The van der Waals surface area contributed by atoms with Crippen molar-refractivity contribution in [3.63, 3.8) is 0 Å². The number of ketones is 1. The molecule has 2 aromatic carbocycles. The smallest absolute Gasteiger partial charge is 0.296 e. The van der Waals surface area contributed by atoms with Crippen molar-refractivity contribution in [2.45, 2.75) is 6.92 Å². The van der Waals surface area contributed by atoms with E-state index in [0.29, 0.717) is 17.9 Å². The first-order valence-corrected chi connectivity index (χ1v) is 7.94. The highest BCUT2D eigenvalue weighted by atomic mass is 79.9. The summed E-state index contributed by atoms with van der Waals surface area (Å²) in [4.78, 5) is 22.6. The molecule has 7 heteroatoms. The van der Waals surface area contributed by atoms with Gasteiger partial charge in [-0.2, -0.15) is 0 Å². The highest BCUT2D eigenvalue weighted by Gasteiger charge is 2.14. The van der Waals surface area contributed by atoms with E-state index in [-0.39, 0.29) is 17.2 Å². The average Bonchev–Trinajstić information content (AvgIpc) is 2.56. The van der Waals surface area contributed by atoms with Crippen LogP contribution in [0.3, 0.4) is 0 Å². The van der Waals surface area contributed by atoms with Crippen molar-refractivity contribution in [1.82, 2.24) is 0 Å². The number of hydrogen-bond donors (Lipinski definition) is 1. The van der Waals surface area contributed by atoms with E-state index >= 15 is 0 Å². The number of anilines is 1. The van der Waals surface area contributed by atoms with Gasteiger partial charge in [0.25, 0.3) is 5.69 Å². The van der Waals surface area contributed by atoms with E-state index < -0.39 is 4.92 Å². The highest BCUT2D eigenvalue weighted by molar-refractivity contribution is 9.10. The number of allylic oxidation sites excluding steroid dienone is 1. The Hall–Kier alpha value is -2.67. The molecule has 0 bridgehead atoms. The fourth-order valence-corrected chi connectivity index (χ4v) is 2.22. The molecule has 0 atom stereocenters. The Kier molecular flexibility index (Phi) is 6.08. The number of nitro benzene ring substituents is 1. The van der Waals surface area contributed by atoms with Crippen LogP contribution in [0.1, 0.15) is 17.3 Å². The van der Waals surface area contributed by atoms with Gasteiger partial charge in [0.05, 0.1) is 17.6 Å². The number of nitro groups is 1. The van der Waals surface area contributed by atoms with E-state index in [9.17, 15) is 14.9 Å². The molecule has 0 saturated carbocycles. The normalized spacial score (nSPS) is 10.6. The second-order valence-corrected chi connectivity index (χ2v) is 5.63. The highest BCUT2D eigenvalue weighted by Crippen LogP contribution is 2.29. The maximum atomic E-state index is 12.0. The molecule has 0 aromatic heterocycles. The zero-order valence-corrected chi connectivity index (χ0v) is 14.4. The van der Waals surface area contributed by atoms with Gasteiger partial charge in [-0.1, -0.05) is 15.9 Å². The molecule has 0 aliphatic heterocycles. The van der Waals surface area contributed by atoms with Crippen LogP contribution in [0.2, 0.25) is 0 Å². The van der Waals surface area contributed by atoms with Crippen molar-refractivity contribution in [1.29, 1.82) is 0 Å². The Balaban J connectivity index is 2.11. The minimum Gasteiger partial charge on any atom is -0.494 e. The summed E-state index contributed by atoms with van der Waals surface area (Å²) in [5.41, 5.74) is 0.683. The van der Waals surface area contributed by atoms with E-state index in [4.69, 9.17) is 4.74 Å². The van der Waals surface area contributed by atoms with Crippen LogP contribution in [0.25, 0.3) is 0 Å². The molecule has 124 valence electrons. The Labute approximate surface area is 147 Å². The summed E-state index contributed by atoms with van der Waals surface area (Å²) in [6, 6.07) is 11.4. The molecule has 1 N–H and O–H groups in total. The first-order valence-electron chi connectivity index (χ1n) is 7.15. The van der Waals surface area contributed by atoms with Crippen LogP contribution >= 0.6 is 15.9 Å². The number of nitrogens with one attached hydrogen (secondary N) is 1. The van der Waals surface area contributed by atoms with E-state index in [1.807, 2.05) is 0 Å². The maximum Gasteiger partial charge on any atom is 0.296 e. The maximum absolute atomic E-state index is 12.0. The standard InChI is InChI=1S/C17H15BrN2O4/c1-2-24-14-7-8-15(16(11-14)20(22)23)19-10-9-17(21)12-3-5-13(18)6-4-12/h3-11,19H,2H2,1H3/b10-9+. The summed E-state index contributed by atoms with van der Waals surface area (Å²) >= 11 is 3.30. The summed E-state index contributed by atoms with van der Waals surface area (Å²) in [6.07, 6.45) is 2.70. The van der Waals surface area contributed by atoms with Crippen molar-refractivity contribution >= 4 is 33.1 Å². The molecular weight excluding hydrogens is 376 g/mol. The van der Waals surface area contributed by atoms with Crippen LogP contribution in [-0.4, -0.2) is 17.3 Å². The fourth-order valence-electron chi connectivity index (χ4n) is 1.96. The van der Waals surface area contributed by atoms with Crippen LogP contribution in [0.5, 0.6) is 5.75 Å². The summed E-state index contributed by atoms with van der Waals surface area (Å²) in [7, 11) is 0. The number of carbonyl (C=O) groups is 1. The molecule has 2 aromatic rings. The lowest BCUT2D eigenvalue weighted by Crippen LogP contribution is -2.00. The van der Waals surface area contributed by atoms with Gasteiger partial charge in [0.1, 0.15) is 11.4 Å². The Bertz CT molecular complexity index is 773. The molecule has 0 aliphatic rings. The van der Waals surface area contributed by atoms with Crippen LogP contribution in [0.15, 0.2) is 59.2 Å². The van der Waals surface area contributed by atoms with Crippen LogP contribution in [0, 0.1) is 10.1 Å². The molecule has 0 fully saturated rings. The van der Waals surface area contributed by atoms with Crippen molar-refractivity contribution in [3.05, 3.63) is 74.9 Å². The van der Waals surface area contributed by atoms with E-state index in [1.165, 1.54) is 24.4 Å². The lowest BCUT2D eigenvalue weighted by Gasteiger charge is -2.06. The third-order valence-corrected chi connectivity index (χ3v) is 3.61. The molecule has 0 amide bonds. The Morgan fingerprint density at radius 2 is 2.00 bits per heavy atom. The van der Waals surface area contributed by atoms with Gasteiger partial charge < -0.3 is 10.1 Å². The molecule has 0 spiro atoms. The Morgan fingerprint density at radius 1 is 1.29 bits per heavy atom. The third kappa shape index (κ3) is 4.66. The van der Waals surface area contributed by atoms with Crippen molar-refractivity contribution in [3.8, 4) is 5.75 Å². The van der Waals surface area contributed by atoms with Gasteiger partial charge in [0.15, 0.2) is 5.78 Å². The summed E-state index contributed by atoms with van der Waals surface area (Å²) in [6.45, 7) is 2.22. The molecule has 2 rings (SSSR count). The molecule has 0 radical (unpaired) electrons. The molecule has 0 heterocycles. The predicted octanol–water partition coefficient (Wildman–Crippen LogP) is 4.56. The lowest BCUT2D eigenvalue weighted by atomic mass is 10.1. The van der Waals surface area contributed by atoms with Gasteiger partial charge in [-0.15, -0.1) is 0 Å². The number of benzene rings is 2. The van der Waals surface area contributed by atoms with Gasteiger partial charge in [-0.05, 0) is 43.3 Å². The minimum absolute atomic E-state index is 0.123. The summed E-state index contributed by atoms with van der Waals surface area (Å²) < 4.78 is 6.13. The third-order valence-electron chi connectivity index (χ3n) is 3.08. The van der Waals surface area contributed by atoms with Crippen LogP contribution in [0.4, 0.5) is 11.4 Å². The van der Waals surface area contributed by atoms with E-state index in [2.05, 4.69) is 21.2 Å². The first kappa shape index (κ1) is 17.7. The molecule has 6 nitrogen and oxygen atoms in total. The lowest BCUT2D eigenvalue weighted by molar-refractivity contribution is -0.384. The van der Waals surface area contributed by atoms with Gasteiger partial charge in [0, 0.05) is 22.3 Å². The second kappa shape index (κ2) is 8.26. The number of ether oxygens (including phenoxy) is 1. The SMILES string of the molecule is CCOc1ccc(N/C=C/C(=O)c2ccc(Br)cc2)c([N+](=O)[O-])c1. The Morgan fingerprint density at radius 3 is 2.62 bits per heavy atom. The van der Waals surface area contributed by atoms with Crippen molar-refractivity contribution in [2.75, 3.05) is 11.9 Å². The zero-order chi connectivity index (χ0) is 17.5. The predicted molar refractivity (Wildman–Crippen MR) is 95.5 cm³/mol. The summed E-state index contributed by atoms with van der Waals surface area (Å²) in [5, 5.41) is 13.9. The number of rotatable bonds is 7. The molecular formula is C17H15BrN2O4. The number of carbonyl (C=O) groups excluding carboxylic acids is 1. The number of hydrogen-bond acceptors (Lipinski definition) is 5. The largest absolute Gasteiger partial charge is 0.494 e. The average molecular weight is 391 g/mol. The number of halogens is 1. The molecule has 0 unspecified atom stereocenters. The monoisotopic (exact) mass is 390 g/mol. The van der Waals surface area contributed by atoms with Crippen LogP contribution < -0.4 is 10.1 Å². The van der Waals surface area contributed by atoms with Gasteiger partial charge in [-0.3, -0.25) is 14.9 Å². The van der Waals surface area contributed by atoms with Gasteiger partial charge in [-0.25, -0.2) is 0 Å². The second-order valence-electron chi connectivity index (χ2n) is 4.72. The quantitative estimate of drug-likeness (QED) is 0.324. The summed E-state index contributed by atoms with van der Waals surface area (Å²) in [5.74, 6) is 0.216. The zero-order valence-electron chi connectivity index (χ0n) is 12.9. The number of nitrogens with zero attached hydrogens (tertiary/aromatic N) is 1. The fraction of sp³-hybridized carbons (Fsp3) is 0.118. The van der Waals surface area contributed by atoms with Crippen molar-refractivity contribution in [2.24, 2.45) is 0 Å². The van der Waals surface area contributed by atoms with Crippen molar-refractivity contribution < 1.29 is 14.5 Å². The van der Waals surface area contributed by atoms with E-state index in [1.54, 1.807) is 37.3 Å². The minimum atomic E-state index is -0.505. The molecule has 0 aliphatic carbocycles. The molecule has 24 heavy (non-hydrogen) atoms. The van der Waals surface area contributed by atoms with E-state index in [0.717, 1.165) is 4.47 Å². The topological polar surface area (TPSA) is 81.5 Å². The van der Waals surface area contributed by atoms with Gasteiger partial charge in [0.2, 0.25) is 0 Å². The molecule has 0 saturated heterocycles. The van der Waals surface area contributed by atoms with Crippen LogP contribution in [-0.2, 0) is 0 Å².